The van der Waals surface area contributed by atoms with Crippen LogP contribution < -0.4 is 10.2 Å². The average Bonchev–Trinajstić information content (AvgIpc) is 2.92. The second kappa shape index (κ2) is 5.97. The Kier molecular flexibility index (Phi) is 4.09. The third-order valence-corrected chi connectivity index (χ3v) is 3.04. The summed E-state index contributed by atoms with van der Waals surface area (Å²) in [6, 6.07) is 10.8. The van der Waals surface area contributed by atoms with Crippen LogP contribution in [-0.2, 0) is 0 Å². The van der Waals surface area contributed by atoms with Crippen molar-refractivity contribution in [1.29, 1.82) is 0 Å². The molecule has 2 rings (SSSR count). The van der Waals surface area contributed by atoms with Crippen molar-refractivity contribution in [2.75, 3.05) is 7.11 Å². The summed E-state index contributed by atoms with van der Waals surface area (Å²) in [5, 5.41) is 5.84. The van der Waals surface area contributed by atoms with Gasteiger partial charge in [0.25, 0.3) is 5.91 Å². The van der Waals surface area contributed by atoms with Crippen LogP contribution in [0.15, 0.2) is 46.9 Å². The van der Waals surface area contributed by atoms with Gasteiger partial charge < -0.3 is 4.74 Å². The van der Waals surface area contributed by atoms with E-state index in [1.54, 1.807) is 48.9 Å². The molecule has 0 bridgehead atoms. The maximum atomic E-state index is 11.8. The SMILES string of the molecule is COc1cccc(C(=O)N/N=C/c2cccs2)c1. The molecule has 0 unspecified atom stereocenters. The molecule has 0 saturated carbocycles. The van der Waals surface area contributed by atoms with Gasteiger partial charge in [0.1, 0.15) is 5.75 Å². The predicted molar refractivity (Wildman–Crippen MR) is 72.4 cm³/mol. The van der Waals surface area contributed by atoms with Gasteiger partial charge in [-0.3, -0.25) is 4.79 Å². The normalized spacial score (nSPS) is 10.5. The molecule has 92 valence electrons. The van der Waals surface area contributed by atoms with Gasteiger partial charge in [0, 0.05) is 10.4 Å². The zero-order valence-corrected chi connectivity index (χ0v) is 10.6. The lowest BCUT2D eigenvalue weighted by atomic mass is 10.2. The summed E-state index contributed by atoms with van der Waals surface area (Å²) in [5.41, 5.74) is 2.98. The maximum absolute atomic E-state index is 11.8. The Labute approximate surface area is 109 Å². The largest absolute Gasteiger partial charge is 0.497 e. The number of methoxy groups -OCH3 is 1. The molecule has 5 heteroatoms. The van der Waals surface area contributed by atoms with Crippen LogP contribution in [-0.4, -0.2) is 19.2 Å². The zero-order valence-electron chi connectivity index (χ0n) is 9.79. The Hall–Kier alpha value is -2.14. The van der Waals surface area contributed by atoms with Crippen molar-refractivity contribution < 1.29 is 9.53 Å². The minimum atomic E-state index is -0.262. The van der Waals surface area contributed by atoms with Gasteiger partial charge in [0.05, 0.1) is 13.3 Å². The number of hydrogen-bond acceptors (Lipinski definition) is 4. The number of hydrogen-bond donors (Lipinski definition) is 1. The molecular formula is C13H12N2O2S. The first-order valence-corrected chi connectivity index (χ1v) is 6.18. The second-order valence-electron chi connectivity index (χ2n) is 3.45. The van der Waals surface area contributed by atoms with Crippen molar-refractivity contribution >= 4 is 23.5 Å². The highest BCUT2D eigenvalue weighted by Crippen LogP contribution is 2.12. The van der Waals surface area contributed by atoms with Crippen LogP contribution in [0.2, 0.25) is 0 Å². The summed E-state index contributed by atoms with van der Waals surface area (Å²) in [6.45, 7) is 0. The average molecular weight is 260 g/mol. The highest BCUT2D eigenvalue weighted by Gasteiger charge is 2.04. The molecule has 1 heterocycles. The molecule has 1 aromatic heterocycles. The number of amides is 1. The molecular weight excluding hydrogens is 248 g/mol. The maximum Gasteiger partial charge on any atom is 0.271 e. The molecule has 0 fully saturated rings. The molecule has 0 spiro atoms. The highest BCUT2D eigenvalue weighted by molar-refractivity contribution is 7.11. The van der Waals surface area contributed by atoms with Crippen molar-refractivity contribution in [3.05, 3.63) is 52.2 Å². The fourth-order valence-corrected chi connectivity index (χ4v) is 1.93. The van der Waals surface area contributed by atoms with Gasteiger partial charge in [-0.1, -0.05) is 12.1 Å². The van der Waals surface area contributed by atoms with Gasteiger partial charge in [-0.25, -0.2) is 5.43 Å². The lowest BCUT2D eigenvalue weighted by Gasteiger charge is -2.02. The molecule has 1 amide bonds. The smallest absolute Gasteiger partial charge is 0.271 e. The standard InChI is InChI=1S/C13H12N2O2S/c1-17-11-5-2-4-10(8-11)13(16)15-14-9-12-6-3-7-18-12/h2-9H,1H3,(H,15,16)/b14-9+. The molecule has 1 N–H and O–H groups in total. The first-order valence-electron chi connectivity index (χ1n) is 5.30. The molecule has 0 aliphatic rings. The molecule has 0 saturated heterocycles. The van der Waals surface area contributed by atoms with E-state index in [0.717, 1.165) is 4.88 Å². The van der Waals surface area contributed by atoms with Crippen molar-refractivity contribution in [1.82, 2.24) is 5.43 Å². The van der Waals surface area contributed by atoms with E-state index in [1.165, 1.54) is 0 Å². The molecule has 0 aliphatic carbocycles. The van der Waals surface area contributed by atoms with Crippen LogP contribution in [0.1, 0.15) is 15.2 Å². The Morgan fingerprint density at radius 2 is 2.28 bits per heavy atom. The number of ether oxygens (including phenoxy) is 1. The number of rotatable bonds is 4. The Balaban J connectivity index is 1.99. The number of benzene rings is 1. The Bertz CT molecular complexity index is 550. The summed E-state index contributed by atoms with van der Waals surface area (Å²) in [5.74, 6) is 0.381. The summed E-state index contributed by atoms with van der Waals surface area (Å²) in [6.07, 6.45) is 1.61. The molecule has 1 aromatic carbocycles. The van der Waals surface area contributed by atoms with Gasteiger partial charge in [-0.15, -0.1) is 11.3 Å². The number of nitrogens with one attached hydrogen (secondary N) is 1. The van der Waals surface area contributed by atoms with Crippen LogP contribution in [0.25, 0.3) is 0 Å². The van der Waals surface area contributed by atoms with Crippen molar-refractivity contribution in [3.8, 4) is 5.75 Å². The second-order valence-corrected chi connectivity index (χ2v) is 4.43. The van der Waals surface area contributed by atoms with E-state index in [0.29, 0.717) is 11.3 Å². The summed E-state index contributed by atoms with van der Waals surface area (Å²) >= 11 is 1.56. The van der Waals surface area contributed by atoms with Crippen LogP contribution in [0.5, 0.6) is 5.75 Å². The highest BCUT2D eigenvalue weighted by atomic mass is 32.1. The van der Waals surface area contributed by atoms with E-state index in [1.807, 2.05) is 17.5 Å². The zero-order chi connectivity index (χ0) is 12.8. The van der Waals surface area contributed by atoms with Gasteiger partial charge in [0.15, 0.2) is 0 Å². The van der Waals surface area contributed by atoms with E-state index < -0.39 is 0 Å². The number of carbonyl (C=O) groups is 1. The van der Waals surface area contributed by atoms with Crippen molar-refractivity contribution in [2.45, 2.75) is 0 Å². The number of thiophene rings is 1. The van der Waals surface area contributed by atoms with Gasteiger partial charge in [-0.05, 0) is 29.6 Å². The molecule has 2 aromatic rings. The van der Waals surface area contributed by atoms with Crippen molar-refractivity contribution in [2.24, 2.45) is 5.10 Å². The Morgan fingerprint density at radius 3 is 3.00 bits per heavy atom. The van der Waals surface area contributed by atoms with E-state index in [4.69, 9.17) is 4.74 Å². The third kappa shape index (κ3) is 3.18. The first kappa shape index (κ1) is 12.3. The van der Waals surface area contributed by atoms with Gasteiger partial charge in [0.2, 0.25) is 0 Å². The van der Waals surface area contributed by atoms with Crippen LogP contribution in [0.3, 0.4) is 0 Å². The molecule has 0 aliphatic heterocycles. The topological polar surface area (TPSA) is 50.7 Å². The van der Waals surface area contributed by atoms with Crippen molar-refractivity contribution in [3.63, 3.8) is 0 Å². The van der Waals surface area contributed by atoms with Crippen LogP contribution in [0, 0.1) is 0 Å². The van der Waals surface area contributed by atoms with E-state index in [2.05, 4.69) is 10.5 Å². The predicted octanol–water partition coefficient (Wildman–Crippen LogP) is 2.52. The minimum absolute atomic E-state index is 0.262. The van der Waals surface area contributed by atoms with E-state index in [-0.39, 0.29) is 5.91 Å². The van der Waals surface area contributed by atoms with Crippen LogP contribution in [0.4, 0.5) is 0 Å². The number of carbonyl (C=O) groups excluding carboxylic acids is 1. The lowest BCUT2D eigenvalue weighted by Crippen LogP contribution is -2.17. The molecule has 18 heavy (non-hydrogen) atoms. The summed E-state index contributed by atoms with van der Waals surface area (Å²) < 4.78 is 5.05. The third-order valence-electron chi connectivity index (χ3n) is 2.23. The van der Waals surface area contributed by atoms with Gasteiger partial charge >= 0.3 is 0 Å². The first-order chi connectivity index (χ1) is 8.79. The fourth-order valence-electron chi connectivity index (χ4n) is 1.35. The summed E-state index contributed by atoms with van der Waals surface area (Å²) in [4.78, 5) is 12.8. The van der Waals surface area contributed by atoms with Gasteiger partial charge in [-0.2, -0.15) is 5.10 Å². The lowest BCUT2D eigenvalue weighted by molar-refractivity contribution is 0.0955. The van der Waals surface area contributed by atoms with E-state index in [9.17, 15) is 4.79 Å². The minimum Gasteiger partial charge on any atom is -0.497 e. The van der Waals surface area contributed by atoms with E-state index >= 15 is 0 Å². The molecule has 0 radical (unpaired) electrons. The molecule has 4 nitrogen and oxygen atoms in total. The fraction of sp³-hybridized carbons (Fsp3) is 0.0769. The Morgan fingerprint density at radius 1 is 1.39 bits per heavy atom. The summed E-state index contributed by atoms with van der Waals surface area (Å²) in [7, 11) is 1.56. The number of nitrogens with zero attached hydrogens (tertiary/aromatic N) is 1. The number of hydrazone groups is 1. The molecule has 0 atom stereocenters. The quantitative estimate of drug-likeness (QED) is 0.678. The monoisotopic (exact) mass is 260 g/mol. The van der Waals surface area contributed by atoms with Crippen LogP contribution >= 0.6 is 11.3 Å².